The first-order valence-corrected chi connectivity index (χ1v) is 7.54. The van der Waals surface area contributed by atoms with Crippen LogP contribution < -0.4 is 5.32 Å². The predicted molar refractivity (Wildman–Crippen MR) is 87.0 cm³/mol. The molecule has 0 radical (unpaired) electrons. The van der Waals surface area contributed by atoms with Gasteiger partial charge in [-0.15, -0.1) is 0 Å². The summed E-state index contributed by atoms with van der Waals surface area (Å²) < 4.78 is 1.56. The van der Waals surface area contributed by atoms with Crippen LogP contribution in [0.4, 0.5) is 0 Å². The fourth-order valence-corrected chi connectivity index (χ4v) is 2.45. The Bertz CT molecular complexity index is 740. The number of halogens is 1. The lowest BCUT2D eigenvalue weighted by molar-refractivity contribution is -0.140. The predicted octanol–water partition coefficient (Wildman–Crippen LogP) is 2.67. The lowest BCUT2D eigenvalue weighted by Crippen LogP contribution is -2.44. The molecule has 7 heteroatoms. The number of nitrogens with zero attached hydrogens (tertiary/aromatic N) is 2. The van der Waals surface area contributed by atoms with E-state index in [1.54, 1.807) is 43.7 Å². The summed E-state index contributed by atoms with van der Waals surface area (Å²) in [6, 6.07) is 6.19. The monoisotopic (exact) mass is 335 g/mol. The minimum atomic E-state index is -1.07. The lowest BCUT2D eigenvalue weighted by Gasteiger charge is -2.17. The number of carbonyl (C=O) groups is 2. The summed E-state index contributed by atoms with van der Waals surface area (Å²) >= 11 is 6.15. The first-order chi connectivity index (χ1) is 10.8. The average molecular weight is 336 g/mol. The van der Waals surface area contributed by atoms with Crippen LogP contribution >= 0.6 is 11.6 Å². The van der Waals surface area contributed by atoms with Crippen LogP contribution in [0.1, 0.15) is 29.9 Å². The van der Waals surface area contributed by atoms with Crippen molar-refractivity contribution in [1.82, 2.24) is 15.1 Å². The Labute approximate surface area is 139 Å². The molecule has 1 unspecified atom stereocenters. The van der Waals surface area contributed by atoms with Crippen LogP contribution in [0.3, 0.4) is 0 Å². The van der Waals surface area contributed by atoms with Gasteiger partial charge in [-0.2, -0.15) is 5.10 Å². The highest BCUT2D eigenvalue weighted by molar-refractivity contribution is 6.32. The number of nitrogens with one attached hydrogen (secondary N) is 1. The molecule has 0 saturated heterocycles. The van der Waals surface area contributed by atoms with Gasteiger partial charge in [0.15, 0.2) is 0 Å². The number of aliphatic carboxylic acids is 1. The Morgan fingerprint density at radius 2 is 1.96 bits per heavy atom. The van der Waals surface area contributed by atoms with E-state index in [0.717, 1.165) is 0 Å². The van der Waals surface area contributed by atoms with E-state index >= 15 is 0 Å². The summed E-state index contributed by atoms with van der Waals surface area (Å²) in [7, 11) is 0. The molecule has 1 amide bonds. The van der Waals surface area contributed by atoms with Crippen LogP contribution in [0.5, 0.6) is 0 Å². The largest absolute Gasteiger partial charge is 0.480 e. The zero-order chi connectivity index (χ0) is 17.1. The molecule has 0 fully saturated rings. The van der Waals surface area contributed by atoms with Crippen molar-refractivity contribution in [2.45, 2.75) is 26.8 Å². The molecule has 0 aliphatic carbocycles. The third-order valence-electron chi connectivity index (χ3n) is 3.55. The molecular formula is C16H18ClN3O3. The maximum Gasteiger partial charge on any atom is 0.326 e. The third kappa shape index (κ3) is 3.53. The van der Waals surface area contributed by atoms with Gasteiger partial charge in [0, 0.05) is 0 Å². The Morgan fingerprint density at radius 3 is 2.52 bits per heavy atom. The number of rotatable bonds is 5. The fourth-order valence-electron chi connectivity index (χ4n) is 2.23. The Morgan fingerprint density at radius 1 is 1.30 bits per heavy atom. The van der Waals surface area contributed by atoms with Gasteiger partial charge in [0.25, 0.3) is 5.91 Å². The zero-order valence-corrected chi connectivity index (χ0v) is 13.8. The molecule has 6 nitrogen and oxygen atoms in total. The van der Waals surface area contributed by atoms with Crippen LogP contribution in [-0.4, -0.2) is 32.8 Å². The smallest absolute Gasteiger partial charge is 0.326 e. The highest BCUT2D eigenvalue weighted by Gasteiger charge is 2.25. The molecule has 0 bridgehead atoms. The Balaban J connectivity index is 2.31. The number of para-hydroxylation sites is 1. The van der Waals surface area contributed by atoms with Crippen molar-refractivity contribution < 1.29 is 14.7 Å². The van der Waals surface area contributed by atoms with Crippen LogP contribution in [-0.2, 0) is 4.79 Å². The second-order valence-electron chi connectivity index (χ2n) is 5.54. The summed E-state index contributed by atoms with van der Waals surface area (Å²) in [5.41, 5.74) is 1.56. The Kier molecular flexibility index (Phi) is 5.05. The average Bonchev–Trinajstić information content (AvgIpc) is 2.86. The van der Waals surface area contributed by atoms with Crippen LogP contribution in [0.25, 0.3) is 5.69 Å². The number of amides is 1. The molecule has 1 heterocycles. The first-order valence-electron chi connectivity index (χ1n) is 7.16. The van der Waals surface area contributed by atoms with Crippen LogP contribution in [0.2, 0.25) is 5.02 Å². The van der Waals surface area contributed by atoms with Crippen molar-refractivity contribution >= 4 is 23.5 Å². The molecule has 0 aliphatic heterocycles. The van der Waals surface area contributed by atoms with Crippen molar-refractivity contribution in [2.24, 2.45) is 5.92 Å². The van der Waals surface area contributed by atoms with Gasteiger partial charge in [0.2, 0.25) is 0 Å². The lowest BCUT2D eigenvalue weighted by atomic mass is 10.0. The van der Waals surface area contributed by atoms with Crippen molar-refractivity contribution in [1.29, 1.82) is 0 Å². The number of carbonyl (C=O) groups excluding carboxylic acids is 1. The van der Waals surface area contributed by atoms with E-state index in [-0.39, 0.29) is 5.92 Å². The molecule has 2 rings (SSSR count). The van der Waals surface area contributed by atoms with Gasteiger partial charge >= 0.3 is 5.97 Å². The SMILES string of the molecule is Cc1c(C(=O)NC(C(=O)O)C(C)C)cnn1-c1ccccc1Cl. The molecule has 2 N–H and O–H groups in total. The van der Waals surface area contributed by atoms with Crippen molar-refractivity contribution in [3.8, 4) is 5.69 Å². The molecular weight excluding hydrogens is 318 g/mol. The van der Waals surface area contributed by atoms with Crippen LogP contribution in [0.15, 0.2) is 30.5 Å². The standard InChI is InChI=1S/C16H18ClN3O3/c1-9(2)14(16(22)23)19-15(21)11-8-18-20(10(11)3)13-7-5-4-6-12(13)17/h4-9,14H,1-3H3,(H,19,21)(H,22,23). The van der Waals surface area contributed by atoms with Gasteiger partial charge < -0.3 is 10.4 Å². The highest BCUT2D eigenvalue weighted by Crippen LogP contribution is 2.22. The molecule has 1 atom stereocenters. The third-order valence-corrected chi connectivity index (χ3v) is 3.87. The summed E-state index contributed by atoms with van der Waals surface area (Å²) in [4.78, 5) is 23.6. The summed E-state index contributed by atoms with van der Waals surface area (Å²) in [5, 5.41) is 16.4. The van der Waals surface area contributed by atoms with E-state index in [9.17, 15) is 14.7 Å². The molecule has 23 heavy (non-hydrogen) atoms. The van der Waals surface area contributed by atoms with Gasteiger partial charge in [-0.1, -0.05) is 37.6 Å². The molecule has 2 aromatic rings. The summed E-state index contributed by atoms with van der Waals surface area (Å²) in [6.07, 6.45) is 1.41. The van der Waals surface area contributed by atoms with Crippen molar-refractivity contribution in [3.05, 3.63) is 46.7 Å². The minimum Gasteiger partial charge on any atom is -0.480 e. The molecule has 1 aromatic carbocycles. The van der Waals surface area contributed by atoms with Gasteiger partial charge in [0.05, 0.1) is 28.2 Å². The van der Waals surface area contributed by atoms with E-state index in [0.29, 0.717) is 22.0 Å². The number of benzene rings is 1. The second kappa shape index (κ2) is 6.83. The fraction of sp³-hybridized carbons (Fsp3) is 0.312. The maximum atomic E-state index is 12.4. The van der Waals surface area contributed by atoms with E-state index < -0.39 is 17.9 Å². The number of carboxylic acids is 1. The van der Waals surface area contributed by atoms with Gasteiger partial charge in [0.1, 0.15) is 6.04 Å². The van der Waals surface area contributed by atoms with E-state index in [1.165, 1.54) is 6.20 Å². The molecule has 0 saturated carbocycles. The zero-order valence-electron chi connectivity index (χ0n) is 13.1. The number of hydrogen-bond acceptors (Lipinski definition) is 3. The number of aromatic nitrogens is 2. The van der Waals surface area contributed by atoms with Gasteiger partial charge in [-0.3, -0.25) is 4.79 Å². The molecule has 0 spiro atoms. The first kappa shape index (κ1) is 17.0. The quantitative estimate of drug-likeness (QED) is 0.879. The summed E-state index contributed by atoms with van der Waals surface area (Å²) in [5.74, 6) is -1.76. The second-order valence-corrected chi connectivity index (χ2v) is 5.95. The molecule has 122 valence electrons. The van der Waals surface area contributed by atoms with E-state index in [1.807, 2.05) is 6.07 Å². The van der Waals surface area contributed by atoms with Gasteiger partial charge in [-0.05, 0) is 25.0 Å². The van der Waals surface area contributed by atoms with Crippen molar-refractivity contribution in [3.63, 3.8) is 0 Å². The topological polar surface area (TPSA) is 84.2 Å². The van der Waals surface area contributed by atoms with E-state index in [2.05, 4.69) is 10.4 Å². The maximum absolute atomic E-state index is 12.4. The normalized spacial score (nSPS) is 12.2. The van der Waals surface area contributed by atoms with Crippen LogP contribution in [0, 0.1) is 12.8 Å². The number of hydrogen-bond donors (Lipinski definition) is 2. The molecule has 0 aliphatic rings. The summed E-state index contributed by atoms with van der Waals surface area (Å²) in [6.45, 7) is 5.20. The van der Waals surface area contributed by atoms with Crippen molar-refractivity contribution in [2.75, 3.05) is 0 Å². The Hall–Kier alpha value is -2.34. The molecule has 1 aromatic heterocycles. The number of carboxylic acid groups (broad SMARTS) is 1. The van der Waals surface area contributed by atoms with E-state index in [4.69, 9.17) is 11.6 Å². The highest BCUT2D eigenvalue weighted by atomic mass is 35.5. The minimum absolute atomic E-state index is 0.227. The van der Waals surface area contributed by atoms with Gasteiger partial charge in [-0.25, -0.2) is 9.48 Å².